The number of hydrogen-bond donors (Lipinski definition) is 1. The van der Waals surface area contributed by atoms with Crippen LogP contribution in [0.2, 0.25) is 0 Å². The highest BCUT2D eigenvalue weighted by molar-refractivity contribution is 7.12. The van der Waals surface area contributed by atoms with Crippen LogP contribution in [-0.4, -0.2) is 7.05 Å². The lowest BCUT2D eigenvalue weighted by atomic mass is 9.50. The largest absolute Gasteiger partial charge is 0.312 e. The van der Waals surface area contributed by atoms with Crippen molar-refractivity contribution in [2.75, 3.05) is 7.05 Å². The maximum atomic E-state index is 3.67. The Balaban J connectivity index is 1.63. The van der Waals surface area contributed by atoms with Crippen LogP contribution in [0.25, 0.3) is 0 Å². The van der Waals surface area contributed by atoms with Gasteiger partial charge in [0.15, 0.2) is 0 Å². The Morgan fingerprint density at radius 2 is 1.68 bits per heavy atom. The summed E-state index contributed by atoms with van der Waals surface area (Å²) in [6.45, 7) is 2.23. The van der Waals surface area contributed by atoms with E-state index in [9.17, 15) is 0 Å². The Morgan fingerprint density at radius 1 is 1.05 bits per heavy atom. The van der Waals surface area contributed by atoms with E-state index >= 15 is 0 Å². The minimum atomic E-state index is 0.619. The van der Waals surface area contributed by atoms with Crippen molar-refractivity contribution in [1.29, 1.82) is 0 Å². The summed E-state index contributed by atoms with van der Waals surface area (Å²) in [5, 5.41) is 3.67. The Kier molecular flexibility index (Phi) is 3.00. The molecule has 4 aliphatic rings. The van der Waals surface area contributed by atoms with Gasteiger partial charge in [-0.2, -0.15) is 0 Å². The molecular formula is C17H25NS. The summed E-state index contributed by atoms with van der Waals surface area (Å²) in [6, 6.07) is 5.28. The van der Waals surface area contributed by atoms with Crippen LogP contribution in [0.15, 0.2) is 12.1 Å². The van der Waals surface area contributed by atoms with Crippen LogP contribution in [0.4, 0.5) is 0 Å². The molecule has 19 heavy (non-hydrogen) atoms. The van der Waals surface area contributed by atoms with Gasteiger partial charge in [-0.1, -0.05) is 0 Å². The Morgan fingerprint density at radius 3 is 2.16 bits per heavy atom. The summed E-state index contributed by atoms with van der Waals surface area (Å²) in [4.78, 5) is 3.04. The van der Waals surface area contributed by atoms with E-state index in [1.54, 1.807) is 11.3 Å². The zero-order valence-electron chi connectivity index (χ0n) is 12.1. The third-order valence-corrected chi connectivity index (χ3v) is 7.15. The highest BCUT2D eigenvalue weighted by Crippen LogP contribution is 2.59. The molecule has 2 heteroatoms. The predicted molar refractivity (Wildman–Crippen MR) is 81.4 cm³/mol. The van der Waals surface area contributed by atoms with E-state index in [0.29, 0.717) is 6.04 Å². The molecule has 1 nitrogen and oxygen atoms in total. The topological polar surface area (TPSA) is 12.0 Å². The first-order chi connectivity index (χ1) is 9.24. The highest BCUT2D eigenvalue weighted by Gasteiger charge is 2.50. The van der Waals surface area contributed by atoms with E-state index in [1.165, 1.54) is 30.6 Å². The maximum Gasteiger partial charge on any atom is 0.0446 e. The van der Waals surface area contributed by atoms with Gasteiger partial charge in [-0.15, -0.1) is 11.3 Å². The van der Waals surface area contributed by atoms with Gasteiger partial charge in [0.05, 0.1) is 0 Å². The maximum absolute atomic E-state index is 3.67. The minimum absolute atomic E-state index is 0.619. The summed E-state index contributed by atoms with van der Waals surface area (Å²) in [6.07, 6.45) is 7.67. The summed E-state index contributed by atoms with van der Waals surface area (Å²) < 4.78 is 0. The predicted octanol–water partition coefficient (Wildman–Crippen LogP) is 4.39. The molecule has 1 atom stereocenters. The lowest BCUT2D eigenvalue weighted by Gasteiger charge is -2.56. The fourth-order valence-corrected chi connectivity index (χ4v) is 6.70. The van der Waals surface area contributed by atoms with Crippen LogP contribution in [0.1, 0.15) is 47.9 Å². The highest BCUT2D eigenvalue weighted by atomic mass is 32.1. The lowest BCUT2D eigenvalue weighted by Crippen LogP contribution is -2.49. The second kappa shape index (κ2) is 4.60. The zero-order chi connectivity index (χ0) is 13.0. The standard InChI is InChI=1S/C17H25NS/c1-10-3-4-15(19-10)17(18-2)16-13-6-11-5-12(8-13)9-14(16)7-11/h3-4,11-14,16-18H,5-9H2,1-2H3. The van der Waals surface area contributed by atoms with Gasteiger partial charge in [-0.25, -0.2) is 0 Å². The van der Waals surface area contributed by atoms with Crippen molar-refractivity contribution in [3.8, 4) is 0 Å². The van der Waals surface area contributed by atoms with Crippen LogP contribution in [0, 0.1) is 36.5 Å². The monoisotopic (exact) mass is 275 g/mol. The SMILES string of the molecule is CNC(c1ccc(C)s1)C1C2CC3CC(C2)CC1C3. The molecule has 4 bridgehead atoms. The third kappa shape index (κ3) is 1.99. The second-order valence-electron chi connectivity index (χ2n) is 7.22. The van der Waals surface area contributed by atoms with E-state index in [0.717, 1.165) is 29.6 Å². The van der Waals surface area contributed by atoms with E-state index in [-0.39, 0.29) is 0 Å². The molecule has 0 amide bonds. The molecule has 1 aromatic heterocycles. The quantitative estimate of drug-likeness (QED) is 0.862. The first-order valence-corrected chi connectivity index (χ1v) is 8.80. The first kappa shape index (κ1) is 12.4. The van der Waals surface area contributed by atoms with Crippen molar-refractivity contribution in [3.63, 3.8) is 0 Å². The number of nitrogens with one attached hydrogen (secondary N) is 1. The van der Waals surface area contributed by atoms with Crippen molar-refractivity contribution in [1.82, 2.24) is 5.32 Å². The molecule has 4 aliphatic carbocycles. The molecule has 5 rings (SSSR count). The minimum Gasteiger partial charge on any atom is -0.312 e. The average Bonchev–Trinajstić information content (AvgIpc) is 2.79. The molecule has 0 aromatic carbocycles. The number of rotatable bonds is 3. The van der Waals surface area contributed by atoms with E-state index in [2.05, 4.69) is 31.4 Å². The van der Waals surface area contributed by atoms with Crippen molar-refractivity contribution in [3.05, 3.63) is 21.9 Å². The van der Waals surface area contributed by atoms with Gasteiger partial charge < -0.3 is 5.32 Å². The van der Waals surface area contributed by atoms with Crippen molar-refractivity contribution in [2.24, 2.45) is 29.6 Å². The van der Waals surface area contributed by atoms with Gasteiger partial charge in [0.2, 0.25) is 0 Å². The number of aryl methyl sites for hydroxylation is 1. The molecule has 4 saturated carbocycles. The van der Waals surface area contributed by atoms with Crippen LogP contribution in [0.5, 0.6) is 0 Å². The molecule has 0 spiro atoms. The van der Waals surface area contributed by atoms with Crippen molar-refractivity contribution in [2.45, 2.75) is 45.1 Å². The Bertz CT molecular complexity index is 436. The van der Waals surface area contributed by atoms with Crippen LogP contribution >= 0.6 is 11.3 Å². The molecule has 1 heterocycles. The third-order valence-electron chi connectivity index (χ3n) is 6.06. The van der Waals surface area contributed by atoms with E-state index in [4.69, 9.17) is 0 Å². The smallest absolute Gasteiger partial charge is 0.0446 e. The molecular weight excluding hydrogens is 250 g/mol. The average molecular weight is 275 g/mol. The van der Waals surface area contributed by atoms with Crippen LogP contribution in [0.3, 0.4) is 0 Å². The summed E-state index contributed by atoms with van der Waals surface area (Å²) in [5.74, 6) is 5.10. The molecule has 1 unspecified atom stereocenters. The summed E-state index contributed by atoms with van der Waals surface area (Å²) in [7, 11) is 2.17. The molecule has 0 aliphatic heterocycles. The first-order valence-electron chi connectivity index (χ1n) is 7.98. The summed E-state index contributed by atoms with van der Waals surface area (Å²) >= 11 is 2.00. The van der Waals surface area contributed by atoms with E-state index in [1.807, 2.05) is 11.3 Å². The normalized spacial score (nSPS) is 41.7. The number of thiophene rings is 1. The van der Waals surface area contributed by atoms with Gasteiger partial charge in [-0.3, -0.25) is 0 Å². The molecule has 104 valence electrons. The second-order valence-corrected chi connectivity index (χ2v) is 8.54. The molecule has 0 radical (unpaired) electrons. The molecule has 1 aromatic rings. The lowest BCUT2D eigenvalue weighted by molar-refractivity contribution is -0.0510. The Hall–Kier alpha value is -0.340. The molecule has 4 fully saturated rings. The van der Waals surface area contributed by atoms with Crippen molar-refractivity contribution < 1.29 is 0 Å². The van der Waals surface area contributed by atoms with Gasteiger partial charge in [-0.05, 0) is 87.8 Å². The van der Waals surface area contributed by atoms with Crippen LogP contribution in [-0.2, 0) is 0 Å². The van der Waals surface area contributed by atoms with E-state index < -0.39 is 0 Å². The van der Waals surface area contributed by atoms with Crippen LogP contribution < -0.4 is 5.32 Å². The molecule has 1 N–H and O–H groups in total. The van der Waals surface area contributed by atoms with Gasteiger partial charge in [0.25, 0.3) is 0 Å². The molecule has 0 saturated heterocycles. The summed E-state index contributed by atoms with van der Waals surface area (Å²) in [5.41, 5.74) is 0. The fourth-order valence-electron chi connectivity index (χ4n) is 5.66. The van der Waals surface area contributed by atoms with Gasteiger partial charge >= 0.3 is 0 Å². The van der Waals surface area contributed by atoms with Gasteiger partial charge in [0.1, 0.15) is 0 Å². The zero-order valence-corrected chi connectivity index (χ0v) is 12.9. The fraction of sp³-hybridized carbons (Fsp3) is 0.765. The number of hydrogen-bond acceptors (Lipinski definition) is 2. The Labute approximate surface area is 120 Å². The van der Waals surface area contributed by atoms with Crippen molar-refractivity contribution >= 4 is 11.3 Å². The van der Waals surface area contributed by atoms with Gasteiger partial charge in [0, 0.05) is 15.8 Å².